The molecule has 1 aliphatic heterocycles. The molecule has 2 aromatic rings. The van der Waals surface area contributed by atoms with Crippen LogP contribution >= 0.6 is 11.3 Å². The molecule has 30 heavy (non-hydrogen) atoms. The van der Waals surface area contributed by atoms with Crippen molar-refractivity contribution in [2.45, 2.75) is 51.0 Å². The highest BCUT2D eigenvalue weighted by molar-refractivity contribution is 7.89. The van der Waals surface area contributed by atoms with Crippen molar-refractivity contribution in [1.29, 1.82) is 0 Å². The summed E-state index contributed by atoms with van der Waals surface area (Å²) in [6.07, 6.45) is 2.05. The molecule has 1 aliphatic rings. The van der Waals surface area contributed by atoms with Gasteiger partial charge in [-0.2, -0.15) is 4.31 Å². The van der Waals surface area contributed by atoms with Gasteiger partial charge >= 0.3 is 0 Å². The second-order valence-corrected chi connectivity index (χ2v) is 10.5. The van der Waals surface area contributed by atoms with Crippen molar-refractivity contribution in [1.82, 2.24) is 9.62 Å². The predicted molar refractivity (Wildman–Crippen MR) is 118 cm³/mol. The molecule has 162 valence electrons. The monoisotopic (exact) mass is 449 g/mol. The van der Waals surface area contributed by atoms with E-state index in [-0.39, 0.29) is 22.8 Å². The first kappa shape index (κ1) is 22.5. The summed E-state index contributed by atoms with van der Waals surface area (Å²) in [4.78, 5) is 25.8. The van der Waals surface area contributed by atoms with Crippen LogP contribution in [-0.4, -0.2) is 43.7 Å². The number of sulfonamides is 1. The van der Waals surface area contributed by atoms with Gasteiger partial charge in [0.25, 0.3) is 5.91 Å². The van der Waals surface area contributed by atoms with Crippen molar-refractivity contribution < 1.29 is 18.0 Å². The molecule has 0 spiro atoms. The average molecular weight is 450 g/mol. The van der Waals surface area contributed by atoms with Gasteiger partial charge in [0.2, 0.25) is 15.9 Å². The minimum atomic E-state index is -3.61. The molecule has 2 N–H and O–H groups in total. The SMILES string of the molecule is CCc1sc(C(=O)NC2CCN(S(=O)(=O)c3ccc(NC(C)=O)cc3)CC2)cc1C. The van der Waals surface area contributed by atoms with E-state index in [9.17, 15) is 18.0 Å². The normalized spacial score (nSPS) is 15.7. The van der Waals surface area contributed by atoms with Gasteiger partial charge in [-0.15, -0.1) is 11.3 Å². The number of nitrogens with one attached hydrogen (secondary N) is 2. The Labute approximate surface area is 181 Å². The van der Waals surface area contributed by atoms with Gasteiger partial charge in [-0.3, -0.25) is 9.59 Å². The molecule has 0 radical (unpaired) electrons. The second-order valence-electron chi connectivity index (χ2n) is 7.43. The van der Waals surface area contributed by atoms with Gasteiger partial charge in [-0.1, -0.05) is 6.92 Å². The number of nitrogens with zero attached hydrogens (tertiary/aromatic N) is 1. The lowest BCUT2D eigenvalue weighted by Crippen LogP contribution is -2.46. The maximum absolute atomic E-state index is 12.9. The number of carbonyl (C=O) groups excluding carboxylic acids is 2. The zero-order chi connectivity index (χ0) is 21.9. The van der Waals surface area contributed by atoms with E-state index in [2.05, 4.69) is 17.6 Å². The summed E-state index contributed by atoms with van der Waals surface area (Å²) >= 11 is 1.52. The fourth-order valence-electron chi connectivity index (χ4n) is 3.54. The van der Waals surface area contributed by atoms with Crippen LogP contribution in [0.15, 0.2) is 35.2 Å². The van der Waals surface area contributed by atoms with E-state index in [1.807, 2.05) is 13.0 Å². The largest absolute Gasteiger partial charge is 0.349 e. The van der Waals surface area contributed by atoms with E-state index in [0.717, 1.165) is 12.0 Å². The maximum atomic E-state index is 12.9. The molecule has 0 atom stereocenters. The van der Waals surface area contributed by atoms with Crippen LogP contribution in [-0.2, 0) is 21.2 Å². The number of rotatable bonds is 6. The summed E-state index contributed by atoms with van der Waals surface area (Å²) in [5.41, 5.74) is 1.69. The Morgan fingerprint density at radius 2 is 1.80 bits per heavy atom. The van der Waals surface area contributed by atoms with E-state index < -0.39 is 10.0 Å². The highest BCUT2D eigenvalue weighted by atomic mass is 32.2. The number of thiophene rings is 1. The predicted octanol–water partition coefficient (Wildman–Crippen LogP) is 3.16. The first-order valence-electron chi connectivity index (χ1n) is 9.98. The maximum Gasteiger partial charge on any atom is 0.261 e. The lowest BCUT2D eigenvalue weighted by atomic mass is 10.1. The molecule has 9 heteroatoms. The third-order valence-corrected chi connectivity index (χ3v) is 8.46. The number of amides is 2. The second kappa shape index (κ2) is 9.28. The molecule has 1 fully saturated rings. The number of piperidine rings is 1. The molecule has 2 amide bonds. The van der Waals surface area contributed by atoms with Gasteiger partial charge in [0.05, 0.1) is 9.77 Å². The third kappa shape index (κ3) is 5.08. The van der Waals surface area contributed by atoms with Crippen LogP contribution in [0.4, 0.5) is 5.69 Å². The average Bonchev–Trinajstić information content (AvgIpc) is 3.09. The number of hydrogen-bond donors (Lipinski definition) is 2. The topological polar surface area (TPSA) is 95.6 Å². The lowest BCUT2D eigenvalue weighted by Gasteiger charge is -2.31. The molecule has 3 rings (SSSR count). The Kier molecular flexibility index (Phi) is 6.95. The summed E-state index contributed by atoms with van der Waals surface area (Å²) in [5, 5.41) is 5.67. The highest BCUT2D eigenvalue weighted by Gasteiger charge is 2.30. The molecule has 0 bridgehead atoms. The third-order valence-electron chi connectivity index (χ3n) is 5.17. The highest BCUT2D eigenvalue weighted by Crippen LogP contribution is 2.24. The quantitative estimate of drug-likeness (QED) is 0.708. The number of anilines is 1. The molecular formula is C21H27N3O4S2. The van der Waals surface area contributed by atoms with Crippen LogP contribution in [0.25, 0.3) is 0 Å². The zero-order valence-corrected chi connectivity index (χ0v) is 19.0. The molecule has 1 aromatic heterocycles. The van der Waals surface area contributed by atoms with E-state index in [1.165, 1.54) is 39.6 Å². The Balaban J connectivity index is 1.58. The number of carbonyl (C=O) groups is 2. The smallest absolute Gasteiger partial charge is 0.261 e. The van der Waals surface area contributed by atoms with Gasteiger partial charge in [0.15, 0.2) is 0 Å². The van der Waals surface area contributed by atoms with Gasteiger partial charge in [0, 0.05) is 36.6 Å². The summed E-state index contributed by atoms with van der Waals surface area (Å²) < 4.78 is 27.2. The van der Waals surface area contributed by atoms with Gasteiger partial charge in [0.1, 0.15) is 0 Å². The molecule has 2 heterocycles. The molecule has 0 unspecified atom stereocenters. The van der Waals surface area contributed by atoms with Gasteiger partial charge in [-0.25, -0.2) is 8.42 Å². The standard InChI is InChI=1S/C21H27N3O4S2/c1-4-19-14(2)13-20(29-19)21(26)23-17-9-11-24(12-10-17)30(27,28)18-7-5-16(6-8-18)22-15(3)25/h5-8,13,17H,4,9-12H2,1-3H3,(H,22,25)(H,23,26). The van der Waals surface area contributed by atoms with Crippen LogP contribution < -0.4 is 10.6 Å². The van der Waals surface area contributed by atoms with Crippen molar-refractivity contribution in [3.8, 4) is 0 Å². The van der Waals surface area contributed by atoms with Crippen molar-refractivity contribution >= 4 is 38.9 Å². The number of benzene rings is 1. The van der Waals surface area contributed by atoms with E-state index in [1.54, 1.807) is 12.1 Å². The first-order chi connectivity index (χ1) is 14.2. The molecule has 1 saturated heterocycles. The fourth-order valence-corrected chi connectivity index (χ4v) is 6.03. The van der Waals surface area contributed by atoms with Crippen LogP contribution in [0.3, 0.4) is 0 Å². The molecule has 0 aliphatic carbocycles. The zero-order valence-electron chi connectivity index (χ0n) is 17.4. The Hall–Kier alpha value is -2.23. The molecular weight excluding hydrogens is 422 g/mol. The number of hydrogen-bond acceptors (Lipinski definition) is 5. The molecule has 7 nitrogen and oxygen atoms in total. The van der Waals surface area contributed by atoms with E-state index >= 15 is 0 Å². The number of aryl methyl sites for hydroxylation is 2. The summed E-state index contributed by atoms with van der Waals surface area (Å²) in [6.45, 7) is 6.19. The van der Waals surface area contributed by atoms with E-state index in [0.29, 0.717) is 36.5 Å². The summed E-state index contributed by atoms with van der Waals surface area (Å²) in [6, 6.07) is 8.03. The Bertz CT molecular complexity index is 1020. The van der Waals surface area contributed by atoms with Crippen LogP contribution in [0, 0.1) is 6.92 Å². The van der Waals surface area contributed by atoms with Crippen molar-refractivity contribution in [3.63, 3.8) is 0 Å². The summed E-state index contributed by atoms with van der Waals surface area (Å²) in [5.74, 6) is -0.295. The minimum absolute atomic E-state index is 0.0430. The molecule has 1 aromatic carbocycles. The molecule has 0 saturated carbocycles. The Morgan fingerprint density at radius 1 is 1.17 bits per heavy atom. The van der Waals surface area contributed by atoms with Crippen LogP contribution in [0.5, 0.6) is 0 Å². The van der Waals surface area contributed by atoms with Crippen LogP contribution in [0.2, 0.25) is 0 Å². The fraction of sp³-hybridized carbons (Fsp3) is 0.429. The summed E-state index contributed by atoms with van der Waals surface area (Å²) in [7, 11) is -3.61. The van der Waals surface area contributed by atoms with Gasteiger partial charge < -0.3 is 10.6 Å². The van der Waals surface area contributed by atoms with Crippen molar-refractivity contribution in [2.24, 2.45) is 0 Å². The van der Waals surface area contributed by atoms with Crippen LogP contribution in [0.1, 0.15) is 46.8 Å². The first-order valence-corrected chi connectivity index (χ1v) is 12.2. The minimum Gasteiger partial charge on any atom is -0.349 e. The van der Waals surface area contributed by atoms with Gasteiger partial charge in [-0.05, 0) is 62.1 Å². The van der Waals surface area contributed by atoms with Crippen molar-refractivity contribution in [2.75, 3.05) is 18.4 Å². The Morgan fingerprint density at radius 3 is 2.33 bits per heavy atom. The van der Waals surface area contributed by atoms with Crippen molar-refractivity contribution in [3.05, 3.63) is 45.6 Å². The van der Waals surface area contributed by atoms with E-state index in [4.69, 9.17) is 0 Å². The lowest BCUT2D eigenvalue weighted by molar-refractivity contribution is -0.114.